The Balaban J connectivity index is 2.07. The van der Waals surface area contributed by atoms with E-state index in [2.05, 4.69) is 43.9 Å². The van der Waals surface area contributed by atoms with Gasteiger partial charge in [0.05, 0.1) is 5.52 Å². The molecule has 0 amide bonds. The lowest BCUT2D eigenvalue weighted by Gasteiger charge is -2.09. The number of hydrogen-bond donors (Lipinski definition) is 2. The van der Waals surface area contributed by atoms with E-state index in [1.165, 1.54) is 3.57 Å². The van der Waals surface area contributed by atoms with Crippen molar-refractivity contribution < 1.29 is 0 Å². The fourth-order valence-corrected chi connectivity index (χ4v) is 2.42. The first-order chi connectivity index (χ1) is 9.22. The van der Waals surface area contributed by atoms with E-state index in [0.29, 0.717) is 5.69 Å². The van der Waals surface area contributed by atoms with Crippen LogP contribution in [-0.2, 0) is 0 Å². The van der Waals surface area contributed by atoms with Crippen LogP contribution < -0.4 is 11.1 Å². The zero-order valence-corrected chi connectivity index (χ0v) is 12.1. The summed E-state index contributed by atoms with van der Waals surface area (Å²) in [5.74, 6) is 0.763. The second-order valence-electron chi connectivity index (χ2n) is 4.13. The molecule has 3 rings (SSSR count). The number of nitrogens with two attached hydrogens (primary N) is 1. The largest absolute Gasteiger partial charge is 0.399 e. The third-order valence-corrected chi connectivity index (χ3v) is 3.42. The first-order valence-electron chi connectivity index (χ1n) is 5.75. The lowest BCUT2D eigenvalue weighted by Crippen LogP contribution is -1.97. The highest BCUT2D eigenvalue weighted by molar-refractivity contribution is 14.1. The SMILES string of the molecule is Nc1ccc2ncnc(Nc3cccc([124I])c3)c2c1. The van der Waals surface area contributed by atoms with Gasteiger partial charge < -0.3 is 11.1 Å². The van der Waals surface area contributed by atoms with Gasteiger partial charge in [0.15, 0.2) is 0 Å². The molecular weight excluding hydrogens is 348 g/mol. The molecule has 5 heteroatoms. The van der Waals surface area contributed by atoms with E-state index in [1.54, 1.807) is 6.33 Å². The summed E-state index contributed by atoms with van der Waals surface area (Å²) in [6.07, 6.45) is 1.55. The van der Waals surface area contributed by atoms with Gasteiger partial charge in [0, 0.05) is 20.3 Å². The van der Waals surface area contributed by atoms with Crippen LogP contribution in [0.15, 0.2) is 48.8 Å². The molecule has 0 saturated carbocycles. The van der Waals surface area contributed by atoms with E-state index in [-0.39, 0.29) is 0 Å². The second kappa shape index (κ2) is 5.00. The predicted molar refractivity (Wildman–Crippen MR) is 86.4 cm³/mol. The first kappa shape index (κ1) is 12.2. The number of nitrogens with one attached hydrogen (secondary N) is 1. The van der Waals surface area contributed by atoms with Gasteiger partial charge >= 0.3 is 0 Å². The van der Waals surface area contributed by atoms with Crippen molar-refractivity contribution in [2.45, 2.75) is 0 Å². The quantitative estimate of drug-likeness (QED) is 0.543. The van der Waals surface area contributed by atoms with Crippen LogP contribution in [0.3, 0.4) is 0 Å². The number of benzene rings is 2. The number of hydrogen-bond acceptors (Lipinski definition) is 4. The monoisotopic (exact) mass is 359 g/mol. The number of aromatic nitrogens is 2. The number of nitrogen functional groups attached to an aromatic ring is 1. The molecule has 0 fully saturated rings. The molecule has 4 nitrogen and oxygen atoms in total. The average molecular weight is 359 g/mol. The summed E-state index contributed by atoms with van der Waals surface area (Å²) >= 11 is 2.28. The van der Waals surface area contributed by atoms with E-state index in [0.717, 1.165) is 22.4 Å². The number of anilines is 3. The van der Waals surface area contributed by atoms with Crippen molar-refractivity contribution in [3.8, 4) is 0 Å². The molecule has 0 bridgehead atoms. The average Bonchev–Trinajstić information content (AvgIpc) is 2.39. The lowest BCUT2D eigenvalue weighted by molar-refractivity contribution is 1.22. The molecule has 0 aliphatic rings. The van der Waals surface area contributed by atoms with Crippen molar-refractivity contribution in [2.75, 3.05) is 11.1 Å². The molecule has 3 aromatic rings. The Hall–Kier alpha value is -1.89. The van der Waals surface area contributed by atoms with Crippen molar-refractivity contribution >= 4 is 50.7 Å². The molecule has 3 N–H and O–H groups in total. The van der Waals surface area contributed by atoms with Crippen molar-refractivity contribution in [1.29, 1.82) is 0 Å². The molecule has 1 heterocycles. The topological polar surface area (TPSA) is 63.8 Å². The normalized spacial score (nSPS) is 10.6. The van der Waals surface area contributed by atoms with Gasteiger partial charge in [-0.1, -0.05) is 6.07 Å². The zero-order chi connectivity index (χ0) is 13.2. The van der Waals surface area contributed by atoms with E-state index in [1.807, 2.05) is 36.4 Å². The van der Waals surface area contributed by atoms with Gasteiger partial charge in [-0.3, -0.25) is 0 Å². The predicted octanol–water partition coefficient (Wildman–Crippen LogP) is 3.56. The Bertz CT molecular complexity index is 742. The van der Waals surface area contributed by atoms with E-state index in [4.69, 9.17) is 5.73 Å². The van der Waals surface area contributed by atoms with Crippen LogP contribution in [0, 0.1) is 3.57 Å². The maximum Gasteiger partial charge on any atom is 0.141 e. The van der Waals surface area contributed by atoms with Gasteiger partial charge in [-0.2, -0.15) is 0 Å². The van der Waals surface area contributed by atoms with Gasteiger partial charge in [0.25, 0.3) is 0 Å². The molecule has 0 aliphatic carbocycles. The minimum Gasteiger partial charge on any atom is -0.399 e. The van der Waals surface area contributed by atoms with Crippen LogP contribution in [0.5, 0.6) is 0 Å². The molecular formula is C14H11IN4. The Morgan fingerprint density at radius 3 is 2.79 bits per heavy atom. The van der Waals surface area contributed by atoms with Crippen molar-refractivity contribution in [3.63, 3.8) is 0 Å². The molecule has 0 saturated heterocycles. The fourth-order valence-electron chi connectivity index (χ4n) is 1.88. The lowest BCUT2D eigenvalue weighted by atomic mass is 10.2. The number of fused-ring (bicyclic) bond motifs is 1. The summed E-state index contributed by atoms with van der Waals surface area (Å²) in [6, 6.07) is 13.7. The summed E-state index contributed by atoms with van der Waals surface area (Å²) in [7, 11) is 0. The molecule has 0 spiro atoms. The Labute approximate surface area is 124 Å². The zero-order valence-electron chi connectivity index (χ0n) is 9.97. The summed E-state index contributed by atoms with van der Waals surface area (Å²) in [6.45, 7) is 0. The molecule has 2 aromatic carbocycles. The van der Waals surface area contributed by atoms with Crippen molar-refractivity contribution in [2.24, 2.45) is 0 Å². The summed E-state index contributed by atoms with van der Waals surface area (Å²) in [5.41, 5.74) is 8.39. The van der Waals surface area contributed by atoms with Crippen LogP contribution in [0.25, 0.3) is 10.9 Å². The standard InChI is InChI=1S/C14H11IN4/c15-9-2-1-3-11(6-9)19-14-12-7-10(16)4-5-13(12)17-8-18-14/h1-8H,16H2,(H,17,18,19)/i15-3. The van der Waals surface area contributed by atoms with E-state index < -0.39 is 0 Å². The third kappa shape index (κ3) is 2.60. The Morgan fingerprint density at radius 2 is 1.95 bits per heavy atom. The van der Waals surface area contributed by atoms with Gasteiger partial charge in [-0.05, 0) is 59.0 Å². The molecule has 0 radical (unpaired) electrons. The van der Waals surface area contributed by atoms with E-state index >= 15 is 0 Å². The summed E-state index contributed by atoms with van der Waals surface area (Å²) < 4.78 is 1.17. The number of halogens is 1. The number of rotatable bonds is 2. The summed E-state index contributed by atoms with van der Waals surface area (Å²) in [4.78, 5) is 8.53. The van der Waals surface area contributed by atoms with Gasteiger partial charge in [-0.15, -0.1) is 0 Å². The molecule has 0 aliphatic heterocycles. The van der Waals surface area contributed by atoms with Crippen LogP contribution >= 0.6 is 22.6 Å². The Kier molecular flexibility index (Phi) is 3.20. The van der Waals surface area contributed by atoms with Crippen LogP contribution in [-0.4, -0.2) is 9.97 Å². The summed E-state index contributed by atoms with van der Waals surface area (Å²) in [5, 5.41) is 4.22. The minimum absolute atomic E-state index is 0.702. The van der Waals surface area contributed by atoms with Crippen molar-refractivity contribution in [3.05, 3.63) is 52.4 Å². The molecule has 19 heavy (non-hydrogen) atoms. The fraction of sp³-hybridized carbons (Fsp3) is 0. The maximum absolute atomic E-state index is 5.83. The maximum atomic E-state index is 5.83. The Morgan fingerprint density at radius 1 is 1.05 bits per heavy atom. The second-order valence-corrected chi connectivity index (χ2v) is 5.38. The van der Waals surface area contributed by atoms with Crippen LogP contribution in [0.4, 0.5) is 17.2 Å². The molecule has 1 aromatic heterocycles. The molecule has 0 atom stereocenters. The van der Waals surface area contributed by atoms with Crippen molar-refractivity contribution in [1.82, 2.24) is 9.97 Å². The first-order valence-corrected chi connectivity index (χ1v) is 6.83. The van der Waals surface area contributed by atoms with E-state index in [9.17, 15) is 0 Å². The van der Waals surface area contributed by atoms with Gasteiger partial charge in [0.2, 0.25) is 0 Å². The van der Waals surface area contributed by atoms with Crippen LogP contribution in [0.2, 0.25) is 0 Å². The highest BCUT2D eigenvalue weighted by atomic mass is 124. The van der Waals surface area contributed by atoms with Gasteiger partial charge in [0.1, 0.15) is 12.1 Å². The number of nitrogens with zero attached hydrogens (tertiary/aromatic N) is 2. The van der Waals surface area contributed by atoms with Gasteiger partial charge in [-0.25, -0.2) is 9.97 Å². The highest BCUT2D eigenvalue weighted by Gasteiger charge is 2.04. The molecule has 0 unspecified atom stereocenters. The highest BCUT2D eigenvalue weighted by Crippen LogP contribution is 2.25. The smallest absolute Gasteiger partial charge is 0.141 e. The molecule has 94 valence electrons. The third-order valence-electron chi connectivity index (χ3n) is 2.75. The minimum atomic E-state index is 0.702. The van der Waals surface area contributed by atoms with Crippen LogP contribution in [0.1, 0.15) is 0 Å².